The number of aromatic nitrogens is 3. The van der Waals surface area contributed by atoms with E-state index in [4.69, 9.17) is 4.74 Å². The summed E-state index contributed by atoms with van der Waals surface area (Å²) in [6, 6.07) is 13.2. The van der Waals surface area contributed by atoms with Crippen LogP contribution in [0.15, 0.2) is 54.2 Å². The molecule has 27 heavy (non-hydrogen) atoms. The van der Waals surface area contributed by atoms with Crippen LogP contribution < -0.4 is 10.1 Å². The minimum Gasteiger partial charge on any atom is -0.488 e. The highest BCUT2D eigenvalue weighted by Gasteiger charge is 2.23. The summed E-state index contributed by atoms with van der Waals surface area (Å²) in [5.41, 5.74) is 2.30. The number of amides is 1. The van der Waals surface area contributed by atoms with Gasteiger partial charge in [-0.15, -0.1) is 10.2 Å². The molecule has 0 radical (unpaired) electrons. The first-order valence-electron chi connectivity index (χ1n) is 8.78. The third-order valence-corrected chi connectivity index (χ3v) is 5.14. The summed E-state index contributed by atoms with van der Waals surface area (Å²) < 4.78 is 7.64. The van der Waals surface area contributed by atoms with Crippen molar-refractivity contribution in [3.63, 3.8) is 0 Å². The van der Waals surface area contributed by atoms with Gasteiger partial charge in [-0.3, -0.25) is 9.20 Å². The molecule has 0 bridgehead atoms. The Bertz CT molecular complexity index is 998. The third kappa shape index (κ3) is 3.68. The Morgan fingerprint density at radius 1 is 1.26 bits per heavy atom. The standard InChI is InChI=1S/C20H20N4O2S/c1-27-11-9-16(19-23-22-18-8-4-5-10-24(18)19)21-20(25)15-12-14-6-2-3-7-17(14)26-13-15/h2-8,10,12,16H,9,11,13H2,1H3,(H,21,25). The molecule has 1 atom stereocenters. The van der Waals surface area contributed by atoms with Crippen molar-refractivity contribution in [1.29, 1.82) is 0 Å². The van der Waals surface area contributed by atoms with E-state index in [1.807, 2.05) is 59.1 Å². The number of rotatable bonds is 6. The first kappa shape index (κ1) is 17.6. The van der Waals surface area contributed by atoms with E-state index in [0.29, 0.717) is 5.57 Å². The third-order valence-electron chi connectivity index (χ3n) is 4.49. The fraction of sp³-hybridized carbons (Fsp3) is 0.250. The largest absolute Gasteiger partial charge is 0.488 e. The maximum absolute atomic E-state index is 12.9. The smallest absolute Gasteiger partial charge is 0.251 e. The van der Waals surface area contributed by atoms with Gasteiger partial charge < -0.3 is 10.1 Å². The molecule has 1 N–H and O–H groups in total. The lowest BCUT2D eigenvalue weighted by atomic mass is 10.1. The molecular formula is C20H20N4O2S. The van der Waals surface area contributed by atoms with E-state index in [0.717, 1.165) is 35.0 Å². The molecule has 6 nitrogen and oxygen atoms in total. The minimum absolute atomic E-state index is 0.136. The van der Waals surface area contributed by atoms with Crippen molar-refractivity contribution in [3.05, 3.63) is 65.6 Å². The number of ether oxygens (including phenoxy) is 1. The van der Waals surface area contributed by atoms with Crippen molar-refractivity contribution in [2.75, 3.05) is 18.6 Å². The van der Waals surface area contributed by atoms with Gasteiger partial charge in [-0.25, -0.2) is 0 Å². The second-order valence-electron chi connectivity index (χ2n) is 6.29. The van der Waals surface area contributed by atoms with Gasteiger partial charge in [0.1, 0.15) is 12.4 Å². The molecule has 4 rings (SSSR count). The van der Waals surface area contributed by atoms with Crippen molar-refractivity contribution in [1.82, 2.24) is 19.9 Å². The van der Waals surface area contributed by atoms with Gasteiger partial charge in [0.15, 0.2) is 11.5 Å². The molecular weight excluding hydrogens is 360 g/mol. The summed E-state index contributed by atoms with van der Waals surface area (Å²) in [7, 11) is 0. The summed E-state index contributed by atoms with van der Waals surface area (Å²) in [6.45, 7) is 0.263. The molecule has 1 aliphatic rings. The molecule has 3 heterocycles. The highest BCUT2D eigenvalue weighted by Crippen LogP contribution is 2.26. The number of thioether (sulfide) groups is 1. The number of carbonyl (C=O) groups is 1. The number of nitrogens with one attached hydrogen (secondary N) is 1. The average Bonchev–Trinajstić information content (AvgIpc) is 3.14. The zero-order chi connectivity index (χ0) is 18.6. The number of hydrogen-bond acceptors (Lipinski definition) is 5. The predicted molar refractivity (Wildman–Crippen MR) is 107 cm³/mol. The van der Waals surface area contributed by atoms with E-state index in [1.165, 1.54) is 0 Å². The molecule has 1 amide bonds. The van der Waals surface area contributed by atoms with Gasteiger partial charge in [-0.2, -0.15) is 11.8 Å². The zero-order valence-corrected chi connectivity index (χ0v) is 15.8. The van der Waals surface area contributed by atoms with Gasteiger partial charge in [-0.05, 0) is 42.7 Å². The predicted octanol–water partition coefficient (Wildman–Crippen LogP) is 3.12. The van der Waals surface area contributed by atoms with E-state index >= 15 is 0 Å². The Hall–Kier alpha value is -2.80. The quantitative estimate of drug-likeness (QED) is 0.712. The average molecular weight is 380 g/mol. The van der Waals surface area contributed by atoms with Crippen molar-refractivity contribution < 1.29 is 9.53 Å². The number of para-hydroxylation sites is 1. The summed E-state index contributed by atoms with van der Waals surface area (Å²) in [6.07, 6.45) is 6.63. The first-order valence-corrected chi connectivity index (χ1v) is 10.2. The molecule has 0 saturated heterocycles. The van der Waals surface area contributed by atoms with Crippen LogP contribution in [0.1, 0.15) is 23.9 Å². The van der Waals surface area contributed by atoms with Gasteiger partial charge in [-0.1, -0.05) is 24.3 Å². The molecule has 0 aliphatic carbocycles. The fourth-order valence-corrected chi connectivity index (χ4v) is 3.57. The topological polar surface area (TPSA) is 68.5 Å². The second kappa shape index (κ2) is 7.84. The Balaban J connectivity index is 1.59. The number of hydrogen-bond donors (Lipinski definition) is 1. The van der Waals surface area contributed by atoms with Crippen molar-refractivity contribution in [2.45, 2.75) is 12.5 Å². The van der Waals surface area contributed by atoms with Gasteiger partial charge in [0.2, 0.25) is 0 Å². The summed E-state index contributed by atoms with van der Waals surface area (Å²) in [5, 5.41) is 11.7. The Morgan fingerprint density at radius 2 is 2.11 bits per heavy atom. The lowest BCUT2D eigenvalue weighted by Gasteiger charge is -2.21. The Kier molecular flexibility index (Phi) is 5.11. The second-order valence-corrected chi connectivity index (χ2v) is 7.28. The molecule has 1 aromatic carbocycles. The lowest BCUT2D eigenvalue weighted by molar-refractivity contribution is -0.118. The van der Waals surface area contributed by atoms with Crippen molar-refractivity contribution >= 4 is 29.4 Å². The number of carbonyl (C=O) groups excluding carboxylic acids is 1. The molecule has 138 valence electrons. The van der Waals surface area contributed by atoms with Crippen LogP contribution in [0.5, 0.6) is 5.75 Å². The van der Waals surface area contributed by atoms with Crippen molar-refractivity contribution in [2.24, 2.45) is 0 Å². The highest BCUT2D eigenvalue weighted by molar-refractivity contribution is 7.98. The minimum atomic E-state index is -0.222. The van der Waals surface area contributed by atoms with E-state index in [-0.39, 0.29) is 18.6 Å². The molecule has 7 heteroatoms. The number of fused-ring (bicyclic) bond motifs is 2. The Morgan fingerprint density at radius 3 is 3.00 bits per heavy atom. The Labute approximate surface area is 161 Å². The van der Waals surface area contributed by atoms with Crippen LogP contribution in [0.4, 0.5) is 0 Å². The fourth-order valence-electron chi connectivity index (χ4n) is 3.10. The van der Waals surface area contributed by atoms with Crippen LogP contribution in [-0.4, -0.2) is 39.1 Å². The van der Waals surface area contributed by atoms with E-state index < -0.39 is 0 Å². The number of nitrogens with zero attached hydrogens (tertiary/aromatic N) is 3. The van der Waals surface area contributed by atoms with Crippen LogP contribution in [0.2, 0.25) is 0 Å². The summed E-state index contributed by atoms with van der Waals surface area (Å²) >= 11 is 1.74. The zero-order valence-electron chi connectivity index (χ0n) is 15.0. The van der Waals surface area contributed by atoms with Crippen LogP contribution in [0.3, 0.4) is 0 Å². The van der Waals surface area contributed by atoms with Crippen LogP contribution in [-0.2, 0) is 4.79 Å². The molecule has 2 aromatic heterocycles. The molecule has 0 spiro atoms. The normalized spacial score (nSPS) is 14.2. The van der Waals surface area contributed by atoms with E-state index in [1.54, 1.807) is 11.8 Å². The molecule has 0 fully saturated rings. The molecule has 0 saturated carbocycles. The maximum atomic E-state index is 12.9. The molecule has 3 aromatic rings. The number of benzene rings is 1. The van der Waals surface area contributed by atoms with Gasteiger partial charge >= 0.3 is 0 Å². The summed E-state index contributed by atoms with van der Waals surface area (Å²) in [5.74, 6) is 2.32. The van der Waals surface area contributed by atoms with E-state index in [2.05, 4.69) is 21.8 Å². The van der Waals surface area contributed by atoms with Crippen LogP contribution in [0, 0.1) is 0 Å². The SMILES string of the molecule is CSCCC(NC(=O)C1=Cc2ccccc2OC1)c1nnc2ccccn12. The lowest BCUT2D eigenvalue weighted by Crippen LogP contribution is -2.33. The highest BCUT2D eigenvalue weighted by atomic mass is 32.2. The first-order chi connectivity index (χ1) is 13.3. The number of pyridine rings is 1. The monoisotopic (exact) mass is 380 g/mol. The molecule has 1 aliphatic heterocycles. The van der Waals surface area contributed by atoms with Gasteiger partial charge in [0.25, 0.3) is 5.91 Å². The molecule has 1 unspecified atom stereocenters. The van der Waals surface area contributed by atoms with Crippen LogP contribution in [0.25, 0.3) is 11.7 Å². The van der Waals surface area contributed by atoms with E-state index in [9.17, 15) is 4.79 Å². The van der Waals surface area contributed by atoms with Crippen LogP contribution >= 0.6 is 11.8 Å². The van der Waals surface area contributed by atoms with Crippen molar-refractivity contribution in [3.8, 4) is 5.75 Å². The van der Waals surface area contributed by atoms with Gasteiger partial charge in [0.05, 0.1) is 11.6 Å². The van der Waals surface area contributed by atoms with Gasteiger partial charge in [0, 0.05) is 11.8 Å². The summed E-state index contributed by atoms with van der Waals surface area (Å²) in [4.78, 5) is 12.9. The maximum Gasteiger partial charge on any atom is 0.251 e.